The van der Waals surface area contributed by atoms with Crippen LogP contribution in [0.3, 0.4) is 0 Å². The normalized spacial score (nSPS) is 18.1. The molecule has 0 unspecified atom stereocenters. The van der Waals surface area contributed by atoms with Gasteiger partial charge in [-0.05, 0) is 30.2 Å². The van der Waals surface area contributed by atoms with Crippen molar-refractivity contribution >= 4 is 0 Å². The van der Waals surface area contributed by atoms with Gasteiger partial charge in [0.15, 0.2) is 11.5 Å². The molecule has 1 aromatic rings. The minimum Gasteiger partial charge on any atom is -0.501 e. The van der Waals surface area contributed by atoms with Crippen molar-refractivity contribution in [3.05, 3.63) is 30.0 Å². The van der Waals surface area contributed by atoms with Crippen LogP contribution in [0.2, 0.25) is 0 Å². The predicted molar refractivity (Wildman–Crippen MR) is 68.5 cm³/mol. The molecule has 0 aliphatic carbocycles. The van der Waals surface area contributed by atoms with Gasteiger partial charge in [0, 0.05) is 5.92 Å². The van der Waals surface area contributed by atoms with Crippen molar-refractivity contribution in [1.82, 2.24) is 0 Å². The van der Waals surface area contributed by atoms with Crippen LogP contribution in [0.5, 0.6) is 17.2 Å². The summed E-state index contributed by atoms with van der Waals surface area (Å²) in [6.07, 6.45) is 4.75. The molecule has 0 aromatic heterocycles. The molecule has 1 heterocycles. The van der Waals surface area contributed by atoms with Crippen LogP contribution in [0.1, 0.15) is 17.9 Å². The number of ether oxygens (including phenoxy) is 4. The van der Waals surface area contributed by atoms with E-state index >= 15 is 0 Å². The summed E-state index contributed by atoms with van der Waals surface area (Å²) in [6.45, 7) is 0.734. The molecular weight excluding hydrogens is 232 g/mol. The summed E-state index contributed by atoms with van der Waals surface area (Å²) in [5.74, 6) is 2.32. The van der Waals surface area contributed by atoms with E-state index in [1.807, 2.05) is 18.2 Å². The lowest BCUT2D eigenvalue weighted by Gasteiger charge is -2.20. The lowest BCUT2D eigenvalue weighted by atomic mass is 9.94. The van der Waals surface area contributed by atoms with E-state index in [4.69, 9.17) is 18.9 Å². The van der Waals surface area contributed by atoms with Crippen molar-refractivity contribution in [1.29, 1.82) is 0 Å². The largest absolute Gasteiger partial charge is 0.501 e. The molecule has 0 saturated carbocycles. The van der Waals surface area contributed by atoms with E-state index in [-0.39, 0.29) is 0 Å². The molecular formula is C14H18O4. The number of allylic oxidation sites excluding steroid dienone is 1. The molecule has 1 atom stereocenters. The van der Waals surface area contributed by atoms with Gasteiger partial charge in [0.05, 0.1) is 34.2 Å². The van der Waals surface area contributed by atoms with Crippen LogP contribution >= 0.6 is 0 Å². The van der Waals surface area contributed by atoms with Crippen molar-refractivity contribution in [2.24, 2.45) is 0 Å². The molecule has 0 N–H and O–H groups in total. The topological polar surface area (TPSA) is 36.9 Å². The molecule has 0 fully saturated rings. The van der Waals surface area contributed by atoms with Crippen LogP contribution in [-0.4, -0.2) is 27.9 Å². The molecule has 0 spiro atoms. The maximum atomic E-state index is 5.35. The van der Waals surface area contributed by atoms with E-state index in [2.05, 4.69) is 0 Å². The lowest BCUT2D eigenvalue weighted by Crippen LogP contribution is -2.06. The average molecular weight is 250 g/mol. The number of hydrogen-bond donors (Lipinski definition) is 0. The highest BCUT2D eigenvalue weighted by Crippen LogP contribution is 2.41. The fourth-order valence-corrected chi connectivity index (χ4v) is 2.10. The van der Waals surface area contributed by atoms with E-state index < -0.39 is 0 Å². The molecule has 98 valence electrons. The highest BCUT2D eigenvalue weighted by molar-refractivity contribution is 5.55. The Morgan fingerprint density at radius 2 is 1.72 bits per heavy atom. The first-order valence-corrected chi connectivity index (χ1v) is 5.88. The van der Waals surface area contributed by atoms with Crippen LogP contribution in [0.4, 0.5) is 0 Å². The van der Waals surface area contributed by atoms with Crippen LogP contribution in [0.25, 0.3) is 0 Å². The second kappa shape index (κ2) is 5.67. The maximum Gasteiger partial charge on any atom is 0.203 e. The fraction of sp³-hybridized carbons (Fsp3) is 0.429. The maximum absolute atomic E-state index is 5.35. The van der Waals surface area contributed by atoms with Crippen LogP contribution in [0.15, 0.2) is 24.5 Å². The van der Waals surface area contributed by atoms with Gasteiger partial charge < -0.3 is 18.9 Å². The average Bonchev–Trinajstić information content (AvgIpc) is 2.46. The molecule has 18 heavy (non-hydrogen) atoms. The monoisotopic (exact) mass is 250 g/mol. The first-order chi connectivity index (χ1) is 8.80. The zero-order valence-electron chi connectivity index (χ0n) is 10.9. The zero-order chi connectivity index (χ0) is 13.0. The van der Waals surface area contributed by atoms with Gasteiger partial charge in [0.1, 0.15) is 0 Å². The highest BCUT2D eigenvalue weighted by Gasteiger charge is 2.18. The Morgan fingerprint density at radius 1 is 1.06 bits per heavy atom. The molecule has 1 aliphatic heterocycles. The van der Waals surface area contributed by atoms with Gasteiger partial charge in [-0.1, -0.05) is 0 Å². The van der Waals surface area contributed by atoms with Crippen molar-refractivity contribution in [3.8, 4) is 17.2 Å². The second-order valence-electron chi connectivity index (χ2n) is 4.05. The molecule has 4 heteroatoms. The molecule has 0 amide bonds. The van der Waals surface area contributed by atoms with Crippen molar-refractivity contribution in [2.45, 2.75) is 12.3 Å². The van der Waals surface area contributed by atoms with Gasteiger partial charge in [-0.15, -0.1) is 0 Å². The first kappa shape index (κ1) is 12.6. The van der Waals surface area contributed by atoms with E-state index in [1.165, 1.54) is 0 Å². The number of benzene rings is 1. The number of rotatable bonds is 4. The highest BCUT2D eigenvalue weighted by atomic mass is 16.5. The molecule has 0 saturated heterocycles. The first-order valence-electron chi connectivity index (χ1n) is 5.88. The van der Waals surface area contributed by atoms with Crippen molar-refractivity contribution in [3.63, 3.8) is 0 Å². The summed E-state index contributed by atoms with van der Waals surface area (Å²) in [6, 6.07) is 3.98. The fourth-order valence-electron chi connectivity index (χ4n) is 2.10. The lowest BCUT2D eigenvalue weighted by molar-refractivity contribution is 0.222. The summed E-state index contributed by atoms with van der Waals surface area (Å²) in [5, 5.41) is 0. The van der Waals surface area contributed by atoms with Crippen molar-refractivity contribution < 1.29 is 18.9 Å². The van der Waals surface area contributed by atoms with Crippen LogP contribution in [-0.2, 0) is 4.74 Å². The third-order valence-corrected chi connectivity index (χ3v) is 3.07. The predicted octanol–water partition coefficient (Wildman–Crippen LogP) is 2.73. The van der Waals surface area contributed by atoms with Gasteiger partial charge >= 0.3 is 0 Å². The van der Waals surface area contributed by atoms with Gasteiger partial charge in [-0.3, -0.25) is 0 Å². The third kappa shape index (κ3) is 2.37. The van der Waals surface area contributed by atoms with E-state index in [1.54, 1.807) is 27.6 Å². The summed E-state index contributed by atoms with van der Waals surface area (Å²) < 4.78 is 21.2. The van der Waals surface area contributed by atoms with E-state index in [0.29, 0.717) is 23.2 Å². The zero-order valence-corrected chi connectivity index (χ0v) is 10.9. The van der Waals surface area contributed by atoms with E-state index in [0.717, 1.165) is 18.6 Å². The minimum atomic E-state index is 0.326. The Balaban J connectivity index is 2.42. The Bertz CT molecular complexity index is 414. The quantitative estimate of drug-likeness (QED) is 0.823. The number of hydrogen-bond acceptors (Lipinski definition) is 4. The Hall–Kier alpha value is -1.84. The number of methoxy groups -OCH3 is 3. The Morgan fingerprint density at radius 3 is 2.17 bits per heavy atom. The van der Waals surface area contributed by atoms with Gasteiger partial charge in [0.2, 0.25) is 5.75 Å². The summed E-state index contributed by atoms with van der Waals surface area (Å²) in [7, 11) is 4.86. The molecule has 0 bridgehead atoms. The minimum absolute atomic E-state index is 0.326. The van der Waals surface area contributed by atoms with Gasteiger partial charge in [0.25, 0.3) is 0 Å². The van der Waals surface area contributed by atoms with E-state index in [9.17, 15) is 0 Å². The standard InChI is InChI=1S/C14H18O4/c1-15-12-8-11(10-4-6-18-7-5-10)9-13(16-2)14(12)17-3/h4,6,8-10H,5,7H2,1-3H3/t10-/m1/s1. The van der Waals surface area contributed by atoms with Gasteiger partial charge in [-0.25, -0.2) is 0 Å². The van der Waals surface area contributed by atoms with Crippen LogP contribution < -0.4 is 14.2 Å². The summed E-state index contributed by atoms with van der Waals surface area (Å²) in [5.41, 5.74) is 1.14. The molecule has 4 nitrogen and oxygen atoms in total. The molecule has 1 aromatic carbocycles. The molecule has 0 radical (unpaired) electrons. The smallest absolute Gasteiger partial charge is 0.203 e. The Kier molecular flexibility index (Phi) is 3.97. The Labute approximate surface area is 107 Å². The second-order valence-corrected chi connectivity index (χ2v) is 4.05. The third-order valence-electron chi connectivity index (χ3n) is 3.07. The summed E-state index contributed by atoms with van der Waals surface area (Å²) >= 11 is 0. The summed E-state index contributed by atoms with van der Waals surface area (Å²) in [4.78, 5) is 0. The van der Waals surface area contributed by atoms with Gasteiger partial charge in [-0.2, -0.15) is 0 Å². The molecule has 2 rings (SSSR count). The molecule has 1 aliphatic rings. The SMILES string of the molecule is COc1cc([C@@H]2C=COCC2)cc(OC)c1OC. The van der Waals surface area contributed by atoms with Crippen molar-refractivity contribution in [2.75, 3.05) is 27.9 Å². The van der Waals surface area contributed by atoms with Crippen LogP contribution in [0, 0.1) is 0 Å².